The van der Waals surface area contributed by atoms with Gasteiger partial charge in [0, 0.05) is 37.1 Å². The predicted octanol–water partition coefficient (Wildman–Crippen LogP) is 2.15. The second-order valence-corrected chi connectivity index (χ2v) is 5.33. The minimum absolute atomic E-state index is 0.391. The molecule has 2 aromatic rings. The van der Waals surface area contributed by atoms with E-state index >= 15 is 0 Å². The second kappa shape index (κ2) is 6.22. The van der Waals surface area contributed by atoms with Crippen molar-refractivity contribution in [2.75, 3.05) is 7.05 Å². The molecule has 0 saturated heterocycles. The summed E-state index contributed by atoms with van der Waals surface area (Å²) in [5.74, 6) is 0. The zero-order chi connectivity index (χ0) is 14.7. The summed E-state index contributed by atoms with van der Waals surface area (Å²) in [5.41, 5.74) is 5.01. The smallest absolute Gasteiger partial charge is 0.0644 e. The highest BCUT2D eigenvalue weighted by Gasteiger charge is 2.18. The monoisotopic (exact) mass is 275 g/mol. The van der Waals surface area contributed by atoms with Crippen molar-refractivity contribution in [2.24, 2.45) is 7.05 Å². The van der Waals surface area contributed by atoms with Crippen LogP contribution in [-0.2, 0) is 20.0 Å². The lowest BCUT2D eigenvalue weighted by Gasteiger charge is -2.14. The molecule has 0 spiro atoms. The highest BCUT2D eigenvalue weighted by molar-refractivity contribution is 5.28. The van der Waals surface area contributed by atoms with E-state index in [0.717, 1.165) is 25.1 Å². The Bertz CT molecular complexity index is 563. The molecule has 2 aromatic heterocycles. The molecule has 20 heavy (non-hydrogen) atoms. The van der Waals surface area contributed by atoms with Gasteiger partial charge in [0.2, 0.25) is 0 Å². The molecule has 0 aromatic carbocycles. The zero-order valence-electron chi connectivity index (χ0n) is 13.1. The van der Waals surface area contributed by atoms with E-state index in [9.17, 15) is 0 Å². The van der Waals surface area contributed by atoms with Gasteiger partial charge in [0.05, 0.1) is 11.9 Å². The summed E-state index contributed by atoms with van der Waals surface area (Å²) in [5, 5.41) is 12.3. The van der Waals surface area contributed by atoms with Gasteiger partial charge in [0.1, 0.15) is 0 Å². The number of hydrogen-bond donors (Lipinski definition) is 1. The lowest BCUT2D eigenvalue weighted by atomic mass is 10.0. The number of hydrogen-bond acceptors (Lipinski definition) is 3. The molecule has 1 N–H and O–H groups in total. The van der Waals surface area contributed by atoms with E-state index in [1.54, 1.807) is 0 Å². The van der Waals surface area contributed by atoms with Gasteiger partial charge in [0.25, 0.3) is 0 Å². The Kier molecular flexibility index (Phi) is 4.60. The Morgan fingerprint density at radius 2 is 2.10 bits per heavy atom. The molecular formula is C15H25N5. The normalized spacial score (nSPS) is 12.8. The molecule has 0 radical (unpaired) electrons. The molecule has 0 bridgehead atoms. The van der Waals surface area contributed by atoms with Crippen LogP contribution < -0.4 is 5.32 Å². The fourth-order valence-corrected chi connectivity index (χ4v) is 2.82. The maximum atomic E-state index is 4.70. The Morgan fingerprint density at radius 3 is 2.65 bits per heavy atom. The summed E-state index contributed by atoms with van der Waals surface area (Å²) >= 11 is 0. The Balaban J connectivity index is 2.15. The van der Waals surface area contributed by atoms with E-state index in [1.807, 2.05) is 25.0 Å². The first-order chi connectivity index (χ1) is 9.56. The van der Waals surface area contributed by atoms with Crippen molar-refractivity contribution < 1.29 is 0 Å². The number of nitrogens with zero attached hydrogens (tertiary/aromatic N) is 4. The van der Waals surface area contributed by atoms with E-state index in [4.69, 9.17) is 5.10 Å². The third-order valence-electron chi connectivity index (χ3n) is 3.91. The number of aryl methyl sites for hydroxylation is 4. The molecule has 5 heteroatoms. The van der Waals surface area contributed by atoms with Crippen molar-refractivity contribution in [2.45, 2.75) is 46.2 Å². The van der Waals surface area contributed by atoms with E-state index in [1.165, 1.54) is 16.8 Å². The van der Waals surface area contributed by atoms with Crippen molar-refractivity contribution in [1.82, 2.24) is 24.9 Å². The highest BCUT2D eigenvalue weighted by atomic mass is 15.3. The van der Waals surface area contributed by atoms with Gasteiger partial charge in [0.15, 0.2) is 0 Å². The first-order valence-corrected chi connectivity index (χ1v) is 7.25. The molecule has 0 amide bonds. The minimum atomic E-state index is 0.391. The minimum Gasteiger partial charge on any atom is -0.313 e. The number of rotatable bonds is 6. The van der Waals surface area contributed by atoms with Crippen molar-refractivity contribution in [3.05, 3.63) is 34.9 Å². The predicted molar refractivity (Wildman–Crippen MR) is 80.7 cm³/mol. The summed E-state index contributed by atoms with van der Waals surface area (Å²) in [6, 6.07) is 0.391. The molecule has 0 saturated carbocycles. The molecule has 1 atom stereocenters. The van der Waals surface area contributed by atoms with Crippen LogP contribution in [0.5, 0.6) is 0 Å². The van der Waals surface area contributed by atoms with E-state index in [0.29, 0.717) is 6.04 Å². The summed E-state index contributed by atoms with van der Waals surface area (Å²) in [4.78, 5) is 0. The number of aromatic nitrogens is 4. The van der Waals surface area contributed by atoms with E-state index in [2.05, 4.69) is 42.1 Å². The van der Waals surface area contributed by atoms with Gasteiger partial charge in [-0.3, -0.25) is 9.36 Å². The van der Waals surface area contributed by atoms with Crippen LogP contribution in [0, 0.1) is 13.8 Å². The summed E-state index contributed by atoms with van der Waals surface area (Å²) in [6.45, 7) is 7.37. The average Bonchev–Trinajstić information content (AvgIpc) is 2.95. The SMILES string of the molecule is CCC(NC)c1c(C)nn(CCc2cnn(C)c2)c1C. The molecule has 2 rings (SSSR count). The van der Waals surface area contributed by atoms with Gasteiger partial charge in [-0.1, -0.05) is 6.92 Å². The standard InChI is InChI=1S/C15H25N5/c1-6-14(16-4)15-11(2)18-20(12(15)3)8-7-13-9-17-19(5)10-13/h9-10,14,16H,6-8H2,1-5H3. The van der Waals surface area contributed by atoms with E-state index < -0.39 is 0 Å². The van der Waals surface area contributed by atoms with Gasteiger partial charge < -0.3 is 5.32 Å². The van der Waals surface area contributed by atoms with Gasteiger partial charge in [-0.05, 0) is 39.3 Å². The number of nitrogens with one attached hydrogen (secondary N) is 1. The molecule has 0 fully saturated rings. The molecule has 2 heterocycles. The van der Waals surface area contributed by atoms with Crippen molar-refractivity contribution in [3.8, 4) is 0 Å². The third-order valence-corrected chi connectivity index (χ3v) is 3.91. The van der Waals surface area contributed by atoms with Gasteiger partial charge in [-0.25, -0.2) is 0 Å². The van der Waals surface area contributed by atoms with Crippen molar-refractivity contribution in [1.29, 1.82) is 0 Å². The summed E-state index contributed by atoms with van der Waals surface area (Å²) < 4.78 is 3.97. The van der Waals surface area contributed by atoms with Gasteiger partial charge >= 0.3 is 0 Å². The van der Waals surface area contributed by atoms with Crippen LogP contribution in [0.1, 0.15) is 41.9 Å². The Hall–Kier alpha value is -1.62. The van der Waals surface area contributed by atoms with Gasteiger partial charge in [-0.2, -0.15) is 10.2 Å². The van der Waals surface area contributed by atoms with Crippen LogP contribution in [0.2, 0.25) is 0 Å². The Labute approximate surface area is 121 Å². The molecule has 5 nitrogen and oxygen atoms in total. The first kappa shape index (κ1) is 14.8. The van der Waals surface area contributed by atoms with Crippen LogP contribution in [0.25, 0.3) is 0 Å². The fraction of sp³-hybridized carbons (Fsp3) is 0.600. The molecule has 0 aliphatic carbocycles. The van der Waals surface area contributed by atoms with Crippen LogP contribution in [0.3, 0.4) is 0 Å². The highest BCUT2D eigenvalue weighted by Crippen LogP contribution is 2.23. The zero-order valence-corrected chi connectivity index (χ0v) is 13.1. The Morgan fingerprint density at radius 1 is 1.35 bits per heavy atom. The third kappa shape index (κ3) is 2.93. The molecule has 110 valence electrons. The van der Waals surface area contributed by atoms with Crippen LogP contribution >= 0.6 is 0 Å². The van der Waals surface area contributed by atoms with Gasteiger partial charge in [-0.15, -0.1) is 0 Å². The first-order valence-electron chi connectivity index (χ1n) is 7.25. The largest absolute Gasteiger partial charge is 0.313 e. The maximum absolute atomic E-state index is 4.70. The van der Waals surface area contributed by atoms with Crippen LogP contribution in [0.4, 0.5) is 0 Å². The molecular weight excluding hydrogens is 250 g/mol. The maximum Gasteiger partial charge on any atom is 0.0644 e. The van der Waals surface area contributed by atoms with Crippen molar-refractivity contribution in [3.63, 3.8) is 0 Å². The van der Waals surface area contributed by atoms with E-state index in [-0.39, 0.29) is 0 Å². The lowest BCUT2D eigenvalue weighted by molar-refractivity contribution is 0.562. The van der Waals surface area contributed by atoms with Crippen LogP contribution in [0.15, 0.2) is 12.4 Å². The molecule has 0 aliphatic heterocycles. The molecule has 0 aliphatic rings. The fourth-order valence-electron chi connectivity index (χ4n) is 2.82. The summed E-state index contributed by atoms with van der Waals surface area (Å²) in [6.07, 6.45) is 6.03. The van der Waals surface area contributed by atoms with Crippen molar-refractivity contribution >= 4 is 0 Å². The topological polar surface area (TPSA) is 47.7 Å². The second-order valence-electron chi connectivity index (χ2n) is 5.33. The quantitative estimate of drug-likeness (QED) is 0.878. The summed E-state index contributed by atoms with van der Waals surface area (Å²) in [7, 11) is 3.96. The lowest BCUT2D eigenvalue weighted by Crippen LogP contribution is -2.17. The molecule has 1 unspecified atom stereocenters. The van der Waals surface area contributed by atoms with Crippen LogP contribution in [-0.4, -0.2) is 26.6 Å². The average molecular weight is 275 g/mol.